The molecule has 1 aliphatic heterocycles. The standard InChI is InChI=1S/C16H24N2O3S/c1-16(2,3)21-15(19)18-10-6-14(7-11-18)22(20)12-13-4-8-17-9-5-13/h4-5,8-9,14H,6-7,10-12H2,1-3H3/t22-/m0/s1. The second-order valence-corrected chi connectivity index (χ2v) is 8.26. The molecule has 1 fully saturated rings. The zero-order valence-electron chi connectivity index (χ0n) is 13.4. The van der Waals surface area contributed by atoms with Gasteiger partial charge in [0.25, 0.3) is 0 Å². The van der Waals surface area contributed by atoms with Gasteiger partial charge in [0.15, 0.2) is 0 Å². The van der Waals surface area contributed by atoms with Crippen LogP contribution in [-0.4, -0.2) is 44.1 Å². The fourth-order valence-electron chi connectivity index (χ4n) is 2.39. The van der Waals surface area contributed by atoms with Crippen LogP contribution in [0.15, 0.2) is 24.5 Å². The van der Waals surface area contributed by atoms with E-state index in [1.807, 2.05) is 32.9 Å². The molecular formula is C16H24N2O3S. The van der Waals surface area contributed by atoms with E-state index in [0.29, 0.717) is 18.8 Å². The maximum absolute atomic E-state index is 12.4. The van der Waals surface area contributed by atoms with E-state index in [9.17, 15) is 9.00 Å². The van der Waals surface area contributed by atoms with Crippen LogP contribution in [-0.2, 0) is 21.3 Å². The van der Waals surface area contributed by atoms with Gasteiger partial charge in [-0.2, -0.15) is 0 Å². The number of ether oxygens (including phenoxy) is 1. The van der Waals surface area contributed by atoms with Gasteiger partial charge in [-0.05, 0) is 51.3 Å². The highest BCUT2D eigenvalue weighted by Crippen LogP contribution is 2.20. The number of amides is 1. The molecule has 1 amide bonds. The van der Waals surface area contributed by atoms with Crippen molar-refractivity contribution in [1.82, 2.24) is 9.88 Å². The molecule has 0 saturated carbocycles. The number of hydrogen-bond acceptors (Lipinski definition) is 4. The molecule has 5 nitrogen and oxygen atoms in total. The molecule has 0 N–H and O–H groups in total. The first kappa shape index (κ1) is 16.9. The van der Waals surface area contributed by atoms with Crippen LogP contribution in [0, 0.1) is 0 Å². The number of piperidine rings is 1. The van der Waals surface area contributed by atoms with Crippen LogP contribution in [0.3, 0.4) is 0 Å². The summed E-state index contributed by atoms with van der Waals surface area (Å²) in [6.07, 6.45) is 4.69. The van der Waals surface area contributed by atoms with Crippen molar-refractivity contribution in [2.45, 2.75) is 50.2 Å². The number of nitrogens with zero attached hydrogens (tertiary/aromatic N) is 2. The van der Waals surface area contributed by atoms with Gasteiger partial charge < -0.3 is 9.64 Å². The summed E-state index contributed by atoms with van der Waals surface area (Å²) in [5, 5.41) is 0.145. The smallest absolute Gasteiger partial charge is 0.410 e. The van der Waals surface area contributed by atoms with E-state index in [4.69, 9.17) is 4.74 Å². The van der Waals surface area contributed by atoms with Crippen LogP contribution >= 0.6 is 0 Å². The Labute approximate surface area is 134 Å². The molecular weight excluding hydrogens is 300 g/mol. The monoisotopic (exact) mass is 324 g/mol. The number of hydrogen-bond donors (Lipinski definition) is 0. The minimum atomic E-state index is -0.911. The zero-order valence-corrected chi connectivity index (χ0v) is 14.3. The van der Waals surface area contributed by atoms with E-state index < -0.39 is 16.4 Å². The molecule has 0 radical (unpaired) electrons. The third-order valence-corrected chi connectivity index (χ3v) is 5.36. The summed E-state index contributed by atoms with van der Waals surface area (Å²) in [6.45, 7) is 6.81. The molecule has 22 heavy (non-hydrogen) atoms. The normalized spacial score (nSPS) is 18.0. The van der Waals surface area contributed by atoms with Crippen molar-refractivity contribution in [3.05, 3.63) is 30.1 Å². The molecule has 0 aliphatic carbocycles. The highest BCUT2D eigenvalue weighted by molar-refractivity contribution is 7.84. The molecule has 1 atom stereocenters. The Hall–Kier alpha value is -1.43. The topological polar surface area (TPSA) is 59.5 Å². The van der Waals surface area contributed by atoms with Gasteiger partial charge in [-0.15, -0.1) is 0 Å². The third-order valence-electron chi connectivity index (χ3n) is 3.52. The maximum atomic E-state index is 12.4. The predicted molar refractivity (Wildman–Crippen MR) is 86.9 cm³/mol. The molecule has 2 heterocycles. The number of carbonyl (C=O) groups excluding carboxylic acids is 1. The van der Waals surface area contributed by atoms with Crippen LogP contribution in [0.25, 0.3) is 0 Å². The first-order chi connectivity index (χ1) is 10.3. The lowest BCUT2D eigenvalue weighted by molar-refractivity contribution is 0.0218. The molecule has 0 bridgehead atoms. The zero-order chi connectivity index (χ0) is 16.2. The Morgan fingerprint density at radius 2 is 1.91 bits per heavy atom. The van der Waals surface area contributed by atoms with Gasteiger partial charge >= 0.3 is 6.09 Å². The first-order valence-electron chi connectivity index (χ1n) is 7.59. The molecule has 1 saturated heterocycles. The fourth-order valence-corrected chi connectivity index (χ4v) is 3.88. The largest absolute Gasteiger partial charge is 0.444 e. The van der Waals surface area contributed by atoms with Crippen LogP contribution in [0.4, 0.5) is 4.79 Å². The summed E-state index contributed by atoms with van der Waals surface area (Å²) < 4.78 is 17.8. The van der Waals surface area contributed by atoms with Gasteiger partial charge in [0, 0.05) is 47.3 Å². The molecule has 6 heteroatoms. The summed E-state index contributed by atoms with van der Waals surface area (Å²) in [5.41, 5.74) is 0.570. The van der Waals surface area contributed by atoms with E-state index in [-0.39, 0.29) is 11.3 Å². The number of aromatic nitrogens is 1. The van der Waals surface area contributed by atoms with Crippen LogP contribution in [0.5, 0.6) is 0 Å². The number of carbonyl (C=O) groups is 1. The third kappa shape index (κ3) is 5.09. The molecule has 1 aliphatic rings. The highest BCUT2D eigenvalue weighted by Gasteiger charge is 2.29. The Kier molecular flexibility index (Phi) is 5.56. The minimum Gasteiger partial charge on any atom is -0.444 e. The lowest BCUT2D eigenvalue weighted by Gasteiger charge is -2.33. The van der Waals surface area contributed by atoms with Crippen molar-refractivity contribution in [3.63, 3.8) is 0 Å². The minimum absolute atomic E-state index is 0.145. The molecule has 2 rings (SSSR count). The van der Waals surface area contributed by atoms with Crippen LogP contribution < -0.4 is 0 Å². The van der Waals surface area contributed by atoms with E-state index in [0.717, 1.165) is 18.4 Å². The SMILES string of the molecule is CC(C)(C)OC(=O)N1CCC([S@@](=O)Cc2ccncc2)CC1. The van der Waals surface area contributed by atoms with Gasteiger partial charge in [0.2, 0.25) is 0 Å². The highest BCUT2D eigenvalue weighted by atomic mass is 32.2. The summed E-state index contributed by atoms with van der Waals surface area (Å²) in [5.74, 6) is 0.555. The maximum Gasteiger partial charge on any atom is 0.410 e. The number of rotatable bonds is 3. The van der Waals surface area contributed by atoms with Crippen molar-refractivity contribution < 1.29 is 13.7 Å². The number of likely N-dealkylation sites (tertiary alicyclic amines) is 1. The summed E-state index contributed by atoms with van der Waals surface area (Å²) in [7, 11) is -0.911. The van der Waals surface area contributed by atoms with E-state index in [1.165, 1.54) is 0 Å². The van der Waals surface area contributed by atoms with E-state index >= 15 is 0 Å². The van der Waals surface area contributed by atoms with E-state index in [2.05, 4.69) is 4.98 Å². The molecule has 1 aromatic rings. The van der Waals surface area contributed by atoms with Crippen molar-refractivity contribution in [2.75, 3.05) is 13.1 Å². The van der Waals surface area contributed by atoms with Gasteiger partial charge in [-0.1, -0.05) is 0 Å². The molecule has 0 spiro atoms. The average Bonchev–Trinajstić information content (AvgIpc) is 2.46. The van der Waals surface area contributed by atoms with Crippen LogP contribution in [0.2, 0.25) is 0 Å². The molecule has 0 aromatic carbocycles. The Morgan fingerprint density at radius 1 is 1.32 bits per heavy atom. The molecule has 122 valence electrons. The lowest BCUT2D eigenvalue weighted by atomic mass is 10.1. The van der Waals surface area contributed by atoms with Gasteiger partial charge in [-0.25, -0.2) is 4.79 Å². The molecule has 1 aromatic heterocycles. The summed E-state index contributed by atoms with van der Waals surface area (Å²) in [6, 6.07) is 3.79. The van der Waals surface area contributed by atoms with Crippen molar-refractivity contribution in [3.8, 4) is 0 Å². The summed E-state index contributed by atoms with van der Waals surface area (Å²) >= 11 is 0. The quantitative estimate of drug-likeness (QED) is 0.858. The van der Waals surface area contributed by atoms with E-state index in [1.54, 1.807) is 17.3 Å². The summed E-state index contributed by atoms with van der Waals surface area (Å²) in [4.78, 5) is 17.7. The van der Waals surface area contributed by atoms with Gasteiger partial charge in [0.05, 0.1) is 0 Å². The average molecular weight is 324 g/mol. The second-order valence-electron chi connectivity index (χ2n) is 6.55. The van der Waals surface area contributed by atoms with Crippen LogP contribution in [0.1, 0.15) is 39.2 Å². The Morgan fingerprint density at radius 3 is 2.45 bits per heavy atom. The predicted octanol–water partition coefficient (Wildman–Crippen LogP) is 2.73. The van der Waals surface area contributed by atoms with Gasteiger partial charge in [0.1, 0.15) is 5.60 Å². The Balaban J connectivity index is 1.82. The fraction of sp³-hybridized carbons (Fsp3) is 0.625. The van der Waals surface area contributed by atoms with Crippen molar-refractivity contribution >= 4 is 16.9 Å². The van der Waals surface area contributed by atoms with Crippen molar-refractivity contribution in [2.24, 2.45) is 0 Å². The number of pyridine rings is 1. The van der Waals surface area contributed by atoms with Crippen molar-refractivity contribution in [1.29, 1.82) is 0 Å². The molecule has 0 unspecified atom stereocenters. The van der Waals surface area contributed by atoms with Gasteiger partial charge in [-0.3, -0.25) is 9.19 Å². The second kappa shape index (κ2) is 7.22. The first-order valence-corrected chi connectivity index (χ1v) is 8.97. The Bertz CT molecular complexity index is 520. The lowest BCUT2D eigenvalue weighted by Crippen LogP contribution is -2.43.